The predicted octanol–water partition coefficient (Wildman–Crippen LogP) is 1.66. The Hall–Kier alpha value is -4.08. The summed E-state index contributed by atoms with van der Waals surface area (Å²) in [6, 6.07) is 12.7. The molecule has 0 unspecified atom stereocenters. The molecule has 0 bridgehead atoms. The zero-order valence-electron chi connectivity index (χ0n) is 19.6. The number of hydrogen-bond donors (Lipinski definition) is 3. The maximum absolute atomic E-state index is 12.9. The van der Waals surface area contributed by atoms with Gasteiger partial charge < -0.3 is 30.0 Å². The second-order valence-electron chi connectivity index (χ2n) is 8.19. The number of para-hydroxylation sites is 2. The molecule has 3 aromatic rings. The van der Waals surface area contributed by atoms with E-state index in [-0.39, 0.29) is 43.8 Å². The standard InChI is InChI=1S/C25H29N5O5/c1-34-17-7-8-18-21(15-17)35-14-12-26-23(31)16-30(13-4-11-27-25(18)33)24(32)10-9-22-28-19-5-2-3-6-20(19)29-22/h2-3,5-8,15H,4,9-14,16H2,1H3,(H,26,31)(H,27,33)(H,28,29). The molecule has 4 rings (SSSR count). The summed E-state index contributed by atoms with van der Waals surface area (Å²) >= 11 is 0. The lowest BCUT2D eigenvalue weighted by molar-refractivity contribution is -0.136. The number of nitrogens with one attached hydrogen (secondary N) is 3. The molecule has 0 spiro atoms. The minimum Gasteiger partial charge on any atom is -0.497 e. The van der Waals surface area contributed by atoms with Gasteiger partial charge in [0.05, 0.1) is 36.8 Å². The molecule has 10 heteroatoms. The van der Waals surface area contributed by atoms with Gasteiger partial charge >= 0.3 is 0 Å². The zero-order chi connectivity index (χ0) is 24.6. The molecule has 1 aromatic heterocycles. The van der Waals surface area contributed by atoms with Crippen molar-refractivity contribution in [1.82, 2.24) is 25.5 Å². The van der Waals surface area contributed by atoms with Crippen LogP contribution in [0.5, 0.6) is 11.5 Å². The quantitative estimate of drug-likeness (QED) is 0.523. The first-order valence-corrected chi connectivity index (χ1v) is 11.6. The Labute approximate surface area is 203 Å². The largest absolute Gasteiger partial charge is 0.497 e. The Morgan fingerprint density at radius 2 is 2.00 bits per heavy atom. The lowest BCUT2D eigenvalue weighted by Crippen LogP contribution is -2.43. The van der Waals surface area contributed by atoms with E-state index in [1.807, 2.05) is 24.3 Å². The number of H-pyrrole nitrogens is 1. The van der Waals surface area contributed by atoms with Crippen molar-refractivity contribution < 1.29 is 23.9 Å². The van der Waals surface area contributed by atoms with E-state index in [4.69, 9.17) is 9.47 Å². The van der Waals surface area contributed by atoms with E-state index in [9.17, 15) is 14.4 Å². The summed E-state index contributed by atoms with van der Waals surface area (Å²) in [5.41, 5.74) is 2.16. The normalized spacial score (nSPS) is 15.4. The van der Waals surface area contributed by atoms with Gasteiger partial charge in [-0.2, -0.15) is 0 Å². The van der Waals surface area contributed by atoms with Crippen LogP contribution in [-0.4, -0.2) is 72.5 Å². The summed E-state index contributed by atoms with van der Waals surface area (Å²) in [5.74, 6) is 0.997. The van der Waals surface area contributed by atoms with Crippen molar-refractivity contribution >= 4 is 28.8 Å². The number of aryl methyl sites for hydroxylation is 1. The number of methoxy groups -OCH3 is 1. The molecular formula is C25H29N5O5. The van der Waals surface area contributed by atoms with Crippen LogP contribution in [0.3, 0.4) is 0 Å². The third kappa shape index (κ3) is 6.28. The summed E-state index contributed by atoms with van der Waals surface area (Å²) in [6.45, 7) is 1.03. The molecule has 2 heterocycles. The van der Waals surface area contributed by atoms with Gasteiger partial charge in [0, 0.05) is 32.0 Å². The van der Waals surface area contributed by atoms with Crippen LogP contribution in [-0.2, 0) is 16.0 Å². The van der Waals surface area contributed by atoms with Crippen molar-refractivity contribution in [1.29, 1.82) is 0 Å². The van der Waals surface area contributed by atoms with Crippen LogP contribution in [0.2, 0.25) is 0 Å². The number of rotatable bonds is 4. The Kier molecular flexibility index (Phi) is 7.81. The van der Waals surface area contributed by atoms with Crippen LogP contribution in [0, 0.1) is 0 Å². The summed E-state index contributed by atoms with van der Waals surface area (Å²) in [6.07, 6.45) is 1.16. The van der Waals surface area contributed by atoms with Crippen molar-refractivity contribution in [3.05, 3.63) is 53.9 Å². The first-order chi connectivity index (χ1) is 17.0. The van der Waals surface area contributed by atoms with Gasteiger partial charge in [-0.1, -0.05) is 12.1 Å². The molecule has 10 nitrogen and oxygen atoms in total. The van der Waals surface area contributed by atoms with Crippen molar-refractivity contribution in [3.63, 3.8) is 0 Å². The van der Waals surface area contributed by atoms with E-state index >= 15 is 0 Å². The topological polar surface area (TPSA) is 126 Å². The van der Waals surface area contributed by atoms with Crippen molar-refractivity contribution in [3.8, 4) is 11.5 Å². The summed E-state index contributed by atoms with van der Waals surface area (Å²) in [7, 11) is 1.54. The van der Waals surface area contributed by atoms with Gasteiger partial charge in [-0.15, -0.1) is 0 Å². The van der Waals surface area contributed by atoms with Gasteiger partial charge in [-0.3, -0.25) is 14.4 Å². The number of hydrogen-bond acceptors (Lipinski definition) is 6. The molecular weight excluding hydrogens is 450 g/mol. The fraction of sp³-hybridized carbons (Fsp3) is 0.360. The summed E-state index contributed by atoms with van der Waals surface area (Å²) in [5, 5.41) is 5.64. The monoisotopic (exact) mass is 479 g/mol. The first-order valence-electron chi connectivity index (χ1n) is 11.6. The number of aromatic amines is 1. The highest BCUT2D eigenvalue weighted by Gasteiger charge is 2.19. The fourth-order valence-corrected chi connectivity index (χ4v) is 3.88. The average Bonchev–Trinajstić information content (AvgIpc) is 3.29. The van der Waals surface area contributed by atoms with Crippen LogP contribution in [0.25, 0.3) is 11.0 Å². The van der Waals surface area contributed by atoms with Gasteiger partial charge in [-0.25, -0.2) is 4.98 Å². The van der Waals surface area contributed by atoms with Gasteiger partial charge in [-0.05, 0) is 30.7 Å². The third-order valence-electron chi connectivity index (χ3n) is 5.71. The SMILES string of the molecule is COc1ccc2c(c1)OCCNC(=O)CN(C(=O)CCc1nc3ccccc3[nH]1)CCCNC2=O. The number of aromatic nitrogens is 2. The lowest BCUT2D eigenvalue weighted by atomic mass is 10.1. The van der Waals surface area contributed by atoms with Crippen molar-refractivity contribution in [2.24, 2.45) is 0 Å². The Morgan fingerprint density at radius 1 is 1.14 bits per heavy atom. The van der Waals surface area contributed by atoms with Gasteiger partial charge in [0.2, 0.25) is 11.8 Å². The molecule has 3 amide bonds. The molecule has 1 aliphatic rings. The highest BCUT2D eigenvalue weighted by Crippen LogP contribution is 2.25. The van der Waals surface area contributed by atoms with Gasteiger partial charge in [0.1, 0.15) is 23.9 Å². The number of ether oxygens (including phenoxy) is 2. The van der Waals surface area contributed by atoms with Crippen LogP contribution in [0.15, 0.2) is 42.5 Å². The molecule has 0 saturated carbocycles. The molecule has 0 atom stereocenters. The second kappa shape index (κ2) is 11.4. The second-order valence-corrected chi connectivity index (χ2v) is 8.19. The Morgan fingerprint density at radius 3 is 2.83 bits per heavy atom. The highest BCUT2D eigenvalue weighted by molar-refractivity contribution is 5.97. The van der Waals surface area contributed by atoms with E-state index in [1.165, 1.54) is 12.0 Å². The van der Waals surface area contributed by atoms with E-state index < -0.39 is 0 Å². The van der Waals surface area contributed by atoms with Gasteiger partial charge in [0.25, 0.3) is 5.91 Å². The molecule has 35 heavy (non-hydrogen) atoms. The maximum Gasteiger partial charge on any atom is 0.255 e. The number of amides is 3. The van der Waals surface area contributed by atoms with Crippen molar-refractivity contribution in [2.75, 3.05) is 39.9 Å². The lowest BCUT2D eigenvalue weighted by Gasteiger charge is -2.23. The number of carbonyl (C=O) groups is 3. The maximum atomic E-state index is 12.9. The molecule has 0 aliphatic carbocycles. The van der Waals surface area contributed by atoms with E-state index in [1.54, 1.807) is 18.2 Å². The minimum absolute atomic E-state index is 0.0582. The van der Waals surface area contributed by atoms with Crippen LogP contribution in [0.1, 0.15) is 29.0 Å². The highest BCUT2D eigenvalue weighted by atomic mass is 16.5. The number of fused-ring (bicyclic) bond motifs is 2. The van der Waals surface area contributed by atoms with E-state index in [2.05, 4.69) is 20.6 Å². The number of benzene rings is 2. The number of imidazole rings is 1. The molecule has 184 valence electrons. The fourth-order valence-electron chi connectivity index (χ4n) is 3.88. The smallest absolute Gasteiger partial charge is 0.255 e. The predicted molar refractivity (Wildman–Crippen MR) is 129 cm³/mol. The number of carbonyl (C=O) groups excluding carboxylic acids is 3. The van der Waals surface area contributed by atoms with Crippen LogP contribution < -0.4 is 20.1 Å². The third-order valence-corrected chi connectivity index (χ3v) is 5.71. The van der Waals surface area contributed by atoms with Crippen molar-refractivity contribution in [2.45, 2.75) is 19.3 Å². The van der Waals surface area contributed by atoms with E-state index in [0.717, 1.165) is 16.9 Å². The average molecular weight is 480 g/mol. The van der Waals surface area contributed by atoms with Gasteiger partial charge in [0.15, 0.2) is 0 Å². The van der Waals surface area contributed by atoms with Crippen LogP contribution in [0.4, 0.5) is 0 Å². The zero-order valence-corrected chi connectivity index (χ0v) is 19.6. The molecule has 3 N–H and O–H groups in total. The molecule has 0 saturated heterocycles. The molecule has 0 fully saturated rings. The molecule has 2 aromatic carbocycles. The van der Waals surface area contributed by atoms with E-state index in [0.29, 0.717) is 43.0 Å². The summed E-state index contributed by atoms with van der Waals surface area (Å²) in [4.78, 5) is 47.4. The number of nitrogens with zero attached hydrogens (tertiary/aromatic N) is 2. The minimum atomic E-state index is -0.272. The molecule has 1 aliphatic heterocycles. The molecule has 0 radical (unpaired) electrons. The Balaban J connectivity index is 1.39. The summed E-state index contributed by atoms with van der Waals surface area (Å²) < 4.78 is 10.9. The first kappa shape index (κ1) is 24.1. The Bertz CT molecular complexity index is 1170. The van der Waals surface area contributed by atoms with Crippen LogP contribution >= 0.6 is 0 Å².